The van der Waals surface area contributed by atoms with Crippen molar-refractivity contribution in [1.82, 2.24) is 5.32 Å². The van der Waals surface area contributed by atoms with Crippen molar-refractivity contribution >= 4 is 5.91 Å². The number of carbonyl (C=O) groups is 1. The molecular formula is C6H12N2O2. The third-order valence-electron chi connectivity index (χ3n) is 1.47. The number of hydrogen-bond donors (Lipinski definition) is 2. The largest absolute Gasteiger partial charge is 0.367 e. The number of ether oxygens (including phenoxy) is 1. The van der Waals surface area contributed by atoms with Crippen LogP contribution >= 0.6 is 0 Å². The number of nitrogens with two attached hydrogens (primary N) is 1. The van der Waals surface area contributed by atoms with Crippen LogP contribution in [0.3, 0.4) is 0 Å². The van der Waals surface area contributed by atoms with Gasteiger partial charge in [0.2, 0.25) is 5.91 Å². The highest BCUT2D eigenvalue weighted by Gasteiger charge is 2.16. The van der Waals surface area contributed by atoms with Crippen molar-refractivity contribution in [3.05, 3.63) is 0 Å². The summed E-state index contributed by atoms with van der Waals surface area (Å²) in [6.45, 7) is 1.40. The molecule has 1 aliphatic rings. The molecule has 1 unspecified atom stereocenters. The molecule has 1 rings (SSSR count). The van der Waals surface area contributed by atoms with E-state index < -0.39 is 0 Å². The predicted octanol–water partition coefficient (Wildman–Crippen LogP) is -1.15. The average molecular weight is 144 g/mol. The fraction of sp³-hybridized carbons (Fsp3) is 0.833. The summed E-state index contributed by atoms with van der Waals surface area (Å²) in [5.74, 6) is -0.0340. The van der Waals surface area contributed by atoms with E-state index in [1.165, 1.54) is 0 Å². The maximum absolute atomic E-state index is 10.5. The van der Waals surface area contributed by atoms with E-state index in [-0.39, 0.29) is 18.6 Å². The molecule has 0 aliphatic carbocycles. The second-order valence-electron chi connectivity index (χ2n) is 2.31. The van der Waals surface area contributed by atoms with Crippen molar-refractivity contribution in [2.45, 2.75) is 12.5 Å². The molecule has 1 heterocycles. The molecule has 1 fully saturated rings. The van der Waals surface area contributed by atoms with Crippen LogP contribution in [0.1, 0.15) is 6.42 Å². The van der Waals surface area contributed by atoms with E-state index in [1.54, 1.807) is 0 Å². The lowest BCUT2D eigenvalue weighted by Crippen LogP contribution is -2.43. The number of carbonyl (C=O) groups excluding carboxylic acids is 1. The molecule has 58 valence electrons. The van der Waals surface area contributed by atoms with E-state index in [0.717, 1.165) is 6.42 Å². The Hall–Kier alpha value is -0.610. The van der Waals surface area contributed by atoms with Gasteiger partial charge in [-0.05, 0) is 13.0 Å². The number of amides is 1. The van der Waals surface area contributed by atoms with E-state index in [2.05, 4.69) is 5.32 Å². The highest BCUT2D eigenvalue weighted by atomic mass is 16.5. The molecule has 0 aromatic heterocycles. The minimum Gasteiger partial charge on any atom is -0.367 e. The van der Waals surface area contributed by atoms with Gasteiger partial charge in [0.05, 0.1) is 6.10 Å². The lowest BCUT2D eigenvalue weighted by Gasteiger charge is -2.22. The molecule has 0 saturated carbocycles. The topological polar surface area (TPSA) is 64.3 Å². The molecule has 3 N–H and O–H groups in total. The van der Waals surface area contributed by atoms with Crippen molar-refractivity contribution in [2.24, 2.45) is 5.73 Å². The van der Waals surface area contributed by atoms with Crippen molar-refractivity contribution in [3.8, 4) is 0 Å². The summed E-state index contributed by atoms with van der Waals surface area (Å²) in [4.78, 5) is 10.5. The predicted molar refractivity (Wildman–Crippen MR) is 36.4 cm³/mol. The minimum atomic E-state index is -0.0340. The third kappa shape index (κ3) is 1.97. The Morgan fingerprint density at radius 3 is 3.10 bits per heavy atom. The van der Waals surface area contributed by atoms with Crippen molar-refractivity contribution in [1.29, 1.82) is 0 Å². The summed E-state index contributed by atoms with van der Waals surface area (Å²) >= 11 is 0. The highest BCUT2D eigenvalue weighted by molar-refractivity contribution is 5.77. The van der Waals surface area contributed by atoms with Crippen LogP contribution in [0, 0.1) is 0 Å². The highest BCUT2D eigenvalue weighted by Crippen LogP contribution is 1.99. The number of morpholine rings is 1. The molecule has 1 aliphatic heterocycles. The first kappa shape index (κ1) is 7.50. The van der Waals surface area contributed by atoms with Gasteiger partial charge < -0.3 is 15.8 Å². The van der Waals surface area contributed by atoms with Crippen molar-refractivity contribution < 1.29 is 9.53 Å². The zero-order valence-electron chi connectivity index (χ0n) is 5.80. The number of rotatable bonds is 2. The van der Waals surface area contributed by atoms with Gasteiger partial charge >= 0.3 is 0 Å². The van der Waals surface area contributed by atoms with Gasteiger partial charge in [-0.25, -0.2) is 0 Å². The van der Waals surface area contributed by atoms with E-state index in [0.29, 0.717) is 13.1 Å². The molecule has 4 heteroatoms. The van der Waals surface area contributed by atoms with E-state index in [4.69, 9.17) is 10.5 Å². The van der Waals surface area contributed by atoms with Gasteiger partial charge in [-0.2, -0.15) is 0 Å². The smallest absolute Gasteiger partial charge is 0.246 e. The van der Waals surface area contributed by atoms with Crippen LogP contribution in [-0.2, 0) is 9.53 Å². The molecule has 0 spiro atoms. The normalized spacial score (nSPS) is 26.1. The molecule has 1 amide bonds. The van der Waals surface area contributed by atoms with Crippen LogP contribution in [0.2, 0.25) is 0 Å². The molecular weight excluding hydrogens is 132 g/mol. The lowest BCUT2D eigenvalue weighted by molar-refractivity contribution is -0.133. The second-order valence-corrected chi connectivity index (χ2v) is 2.31. The fourth-order valence-corrected chi connectivity index (χ4v) is 0.902. The molecule has 0 aromatic carbocycles. The van der Waals surface area contributed by atoms with E-state index in [9.17, 15) is 4.79 Å². The first-order valence-corrected chi connectivity index (χ1v) is 3.41. The standard InChI is InChI=1S/C6H12N2O2/c7-2-1-5-3-8-6(9)4-10-5/h5H,1-4,7H2,(H,8,9). The van der Waals surface area contributed by atoms with Crippen LogP contribution in [0.5, 0.6) is 0 Å². The van der Waals surface area contributed by atoms with Crippen LogP contribution < -0.4 is 11.1 Å². The second kappa shape index (κ2) is 3.53. The van der Waals surface area contributed by atoms with Gasteiger partial charge in [0.15, 0.2) is 0 Å². The third-order valence-corrected chi connectivity index (χ3v) is 1.47. The fourth-order valence-electron chi connectivity index (χ4n) is 0.902. The Labute approximate surface area is 59.7 Å². The van der Waals surface area contributed by atoms with Gasteiger partial charge in [-0.3, -0.25) is 4.79 Å². The zero-order valence-corrected chi connectivity index (χ0v) is 5.80. The lowest BCUT2D eigenvalue weighted by atomic mass is 10.2. The summed E-state index contributed by atoms with van der Waals surface area (Å²) in [5, 5.41) is 2.70. The molecule has 0 bridgehead atoms. The molecule has 4 nitrogen and oxygen atoms in total. The first-order chi connectivity index (χ1) is 4.83. The molecule has 0 radical (unpaired) electrons. The average Bonchev–Trinajstić information content (AvgIpc) is 1.95. The van der Waals surface area contributed by atoms with E-state index in [1.807, 2.05) is 0 Å². The molecule has 0 aromatic rings. The van der Waals surface area contributed by atoms with Crippen molar-refractivity contribution in [2.75, 3.05) is 19.7 Å². The summed E-state index contributed by atoms with van der Waals surface area (Å²) in [6, 6.07) is 0. The number of hydrogen-bond acceptors (Lipinski definition) is 3. The van der Waals surface area contributed by atoms with Crippen LogP contribution in [-0.4, -0.2) is 31.7 Å². The van der Waals surface area contributed by atoms with Gasteiger partial charge in [0.1, 0.15) is 6.61 Å². The van der Waals surface area contributed by atoms with Gasteiger partial charge in [-0.1, -0.05) is 0 Å². The summed E-state index contributed by atoms with van der Waals surface area (Å²) < 4.78 is 5.14. The molecule has 1 saturated heterocycles. The molecule has 1 atom stereocenters. The Balaban J connectivity index is 2.19. The SMILES string of the molecule is NCCC1CNC(=O)CO1. The minimum absolute atomic E-state index is 0.0340. The quantitative estimate of drug-likeness (QED) is 0.514. The van der Waals surface area contributed by atoms with Crippen LogP contribution in [0.15, 0.2) is 0 Å². The molecule has 10 heavy (non-hydrogen) atoms. The van der Waals surface area contributed by atoms with Gasteiger partial charge in [0, 0.05) is 6.54 Å². The monoisotopic (exact) mass is 144 g/mol. The first-order valence-electron chi connectivity index (χ1n) is 3.41. The van der Waals surface area contributed by atoms with Crippen molar-refractivity contribution in [3.63, 3.8) is 0 Å². The number of nitrogens with one attached hydrogen (secondary N) is 1. The van der Waals surface area contributed by atoms with E-state index >= 15 is 0 Å². The maximum Gasteiger partial charge on any atom is 0.246 e. The Kier molecular flexibility index (Phi) is 2.65. The Morgan fingerprint density at radius 2 is 2.60 bits per heavy atom. The van der Waals surface area contributed by atoms with Gasteiger partial charge in [-0.15, -0.1) is 0 Å². The summed E-state index contributed by atoms with van der Waals surface area (Å²) in [5.41, 5.74) is 5.30. The Bertz CT molecular complexity index is 117. The Morgan fingerprint density at radius 1 is 1.80 bits per heavy atom. The van der Waals surface area contributed by atoms with Crippen LogP contribution in [0.25, 0.3) is 0 Å². The summed E-state index contributed by atoms with van der Waals surface area (Å²) in [7, 11) is 0. The van der Waals surface area contributed by atoms with Gasteiger partial charge in [0.25, 0.3) is 0 Å². The van der Waals surface area contributed by atoms with Crippen LogP contribution in [0.4, 0.5) is 0 Å². The zero-order chi connectivity index (χ0) is 7.40. The summed E-state index contributed by atoms with van der Waals surface area (Å²) in [6.07, 6.45) is 0.947. The maximum atomic E-state index is 10.5.